The summed E-state index contributed by atoms with van der Waals surface area (Å²) in [6.07, 6.45) is -5.05. The Labute approximate surface area is 582 Å². The lowest BCUT2D eigenvalue weighted by Gasteiger charge is -2.06. The van der Waals surface area contributed by atoms with Gasteiger partial charge in [0.05, 0.1) is 35.2 Å². The van der Waals surface area contributed by atoms with Crippen LogP contribution in [-0.2, 0) is 38.0 Å². The van der Waals surface area contributed by atoms with Crippen molar-refractivity contribution >= 4 is 197 Å². The highest BCUT2D eigenvalue weighted by Crippen LogP contribution is 2.71. The summed E-state index contributed by atoms with van der Waals surface area (Å²) in [7, 11) is 18.8. The fourth-order valence-corrected chi connectivity index (χ4v) is 19.1. The van der Waals surface area contributed by atoms with Crippen molar-refractivity contribution in [2.24, 2.45) is 0 Å². The van der Waals surface area contributed by atoms with Gasteiger partial charge in [0.25, 0.3) is 0 Å². The Morgan fingerprint density at radius 3 is 1.25 bits per heavy atom. The molecule has 8 heterocycles. The van der Waals surface area contributed by atoms with Crippen LogP contribution in [0, 0.1) is 31.8 Å². The summed E-state index contributed by atoms with van der Waals surface area (Å²) < 4.78 is 88.1. The van der Waals surface area contributed by atoms with E-state index in [0.29, 0.717) is 30.5 Å². The van der Waals surface area contributed by atoms with Gasteiger partial charge in [-0.1, -0.05) is 99.3 Å². The molecule has 0 saturated heterocycles. The summed E-state index contributed by atoms with van der Waals surface area (Å²) in [5.41, 5.74) is 6.72. The van der Waals surface area contributed by atoms with Crippen LogP contribution in [0.15, 0.2) is 146 Å². The van der Waals surface area contributed by atoms with Crippen molar-refractivity contribution in [2.75, 3.05) is 7.11 Å². The fourth-order valence-electron chi connectivity index (χ4n) is 9.19. The van der Waals surface area contributed by atoms with Gasteiger partial charge in [-0.2, -0.15) is 42.9 Å². The number of aldehydes is 1. The molecule has 4 nitrogen and oxygen atoms in total. The van der Waals surface area contributed by atoms with E-state index in [1.807, 2.05) is 18.2 Å². The molecule has 27 heteroatoms. The summed E-state index contributed by atoms with van der Waals surface area (Å²) in [6, 6.07) is 45.8. The highest BCUT2D eigenvalue weighted by Gasteiger charge is 2.31. The molecule has 0 saturated carbocycles. The van der Waals surface area contributed by atoms with Crippen molar-refractivity contribution in [3.8, 4) is 53.6 Å². The molecule has 0 bridgehead atoms. The third-order valence-electron chi connectivity index (χ3n) is 13.6. The van der Waals surface area contributed by atoms with E-state index in [0.717, 1.165) is 122 Å². The van der Waals surface area contributed by atoms with Gasteiger partial charge in [-0.15, -0.1) is 133 Å². The molecule has 0 fully saturated rings. The molecule has 0 aliphatic heterocycles. The molecule has 0 aliphatic carbocycles. The van der Waals surface area contributed by atoms with Crippen LogP contribution in [-0.4, -0.2) is 13.4 Å². The number of halogens is 6. The fraction of sp³-hybridized carbons (Fsp3) is 0.154. The van der Waals surface area contributed by atoms with Crippen LogP contribution in [0.1, 0.15) is 84.6 Å². The lowest BCUT2D eigenvalue weighted by molar-refractivity contribution is -0.138. The van der Waals surface area contributed by atoms with Crippen LogP contribution < -0.4 is 4.74 Å². The quantitative estimate of drug-likeness (QED) is 0.0445. The number of methoxy groups -OCH3 is 1. The maximum atomic E-state index is 13.0. The number of carbonyl (C=O) groups is 1. The minimum absolute atomic E-state index is 0. The monoisotopic (exact) mass is 1550 g/mol. The lowest BCUT2D eigenvalue weighted by Crippen LogP contribution is -2.03. The summed E-state index contributed by atoms with van der Waals surface area (Å²) >= 11 is 13.2. The number of thiophene rings is 8. The maximum Gasteiger partial charge on any atom is 0.416 e. The first kappa shape index (κ1) is 74.7. The van der Waals surface area contributed by atoms with Gasteiger partial charge in [0.1, 0.15) is 11.8 Å². The van der Waals surface area contributed by atoms with Crippen LogP contribution in [0.3, 0.4) is 0 Å². The summed E-state index contributed by atoms with van der Waals surface area (Å²) in [4.78, 5) is 28.2. The van der Waals surface area contributed by atoms with Crippen molar-refractivity contribution < 1.29 is 35.9 Å². The molecule has 12 rings (SSSR count). The number of fused-ring (bicyclic) bond motifs is 2. The molecule has 12 aromatic rings. The SMILES string of the molecule is C.COc1cc(-c2ccc(C(F)(F)F)cc2)sc1Cc1cc2sc(Cc3sc(-c4ccc(C)cc4)cc3C=O)cc2s1.PP(P)P.PPP(P)P.[C-]#[N+]c1cc(-c2ccc(C(F)(F)F)cc2)sc1Cc1cc2sc(Cc3sc(-c4ccc(C)cc4)cc3C#N)cc2s1. The number of carbonyl (C=O) groups excluding carboxylic acids is 1. The van der Waals surface area contributed by atoms with E-state index >= 15 is 0 Å². The molecule has 8 aromatic heterocycles. The maximum absolute atomic E-state index is 13.0. The first-order valence-corrected chi connectivity index (χ1v) is 48.0. The van der Waals surface area contributed by atoms with Crippen molar-refractivity contribution in [3.05, 3.63) is 229 Å². The van der Waals surface area contributed by atoms with Crippen LogP contribution in [0.2, 0.25) is 0 Å². The zero-order valence-corrected chi connectivity index (χ0v) is 64.6. The Morgan fingerprint density at radius 1 is 0.533 bits per heavy atom. The molecule has 0 spiro atoms. The largest absolute Gasteiger partial charge is 0.496 e. The number of hydrogen-bond acceptors (Lipinski definition) is 11. The highest BCUT2D eigenvalue weighted by atomic mass is 32.8. The van der Waals surface area contributed by atoms with Crippen LogP contribution in [0.4, 0.5) is 32.0 Å². The van der Waals surface area contributed by atoms with Gasteiger partial charge >= 0.3 is 12.4 Å². The Kier molecular flexibility index (Phi) is 27.5. The van der Waals surface area contributed by atoms with E-state index < -0.39 is 23.5 Å². The van der Waals surface area contributed by atoms with E-state index in [1.165, 1.54) is 80.2 Å². The summed E-state index contributed by atoms with van der Waals surface area (Å²) in [5, 5.41) is 9.74. The molecule has 92 heavy (non-hydrogen) atoms. The van der Waals surface area contributed by atoms with Crippen molar-refractivity contribution in [1.82, 2.24) is 0 Å². The Balaban J connectivity index is 0.000000207. The number of alkyl halides is 6. The van der Waals surface area contributed by atoms with Crippen LogP contribution in [0.5, 0.6) is 5.75 Å². The highest BCUT2D eigenvalue weighted by molar-refractivity contribution is 8.77. The average molecular weight is 1550 g/mol. The lowest BCUT2D eigenvalue weighted by atomic mass is 10.1. The van der Waals surface area contributed by atoms with E-state index in [-0.39, 0.29) is 21.4 Å². The predicted octanol–water partition coefficient (Wildman–Crippen LogP) is 27.0. The minimum atomic E-state index is -4.38. The Hall–Kier alpha value is -3.10. The third-order valence-corrected chi connectivity index (χ3v) is 34.8. The van der Waals surface area contributed by atoms with E-state index in [9.17, 15) is 36.4 Å². The minimum Gasteiger partial charge on any atom is -0.496 e. The van der Waals surface area contributed by atoms with Crippen molar-refractivity contribution in [1.29, 1.82) is 5.26 Å². The standard InChI is InChI=1S/C32H19F3N2S4.C32H23F3O2S4.CH4.H7P5.H6P4/c2*1-18-3-5-19(6-4-18)26-11-21(17-36)27(40-26)12-23-14-30-31(38-23)15-24(39-30)13-29-25(37-2)16-28(41-29)20-7-9-22(10-8-20)32(33,34)35;;1-4-5(2)3;1-4(2)3/h3-11,14-16H,12-13H2,1H3;3-11,14-17H,12-13H2,1-2H3;1H4;4H,1-3H2;1-3H2. The zero-order chi connectivity index (χ0) is 65.3. The Bertz CT molecular complexity index is 4460. The number of rotatable bonds is 15. The molecule has 7 atom stereocenters. The Morgan fingerprint density at radius 2 is 0.870 bits per heavy atom. The van der Waals surface area contributed by atoms with Gasteiger partial charge in [0.2, 0.25) is 5.69 Å². The molecule has 0 N–H and O–H groups in total. The number of hydrogen-bond donors (Lipinski definition) is 0. The summed E-state index contributed by atoms with van der Waals surface area (Å²) in [6.45, 7) is 12.1. The number of nitriles is 1. The van der Waals surface area contributed by atoms with Crippen molar-refractivity contribution in [2.45, 2.75) is 59.3 Å². The van der Waals surface area contributed by atoms with Gasteiger partial charge in [-0.05, 0) is 123 Å². The average Bonchev–Trinajstić information content (AvgIpc) is 1.66. The van der Waals surface area contributed by atoms with Crippen LogP contribution >= 0.6 is 166 Å². The molecular formula is C65H59F6N2O2P9S8. The number of ether oxygens (including phenoxy) is 1. The normalized spacial score (nSPS) is 11.5. The second kappa shape index (κ2) is 33.9. The molecule has 0 amide bonds. The number of aryl methyl sites for hydroxylation is 2. The first-order valence-electron chi connectivity index (χ1n) is 27.0. The molecule has 0 aliphatic rings. The first-order chi connectivity index (χ1) is 43.4. The third kappa shape index (κ3) is 20.0. The van der Waals surface area contributed by atoms with Gasteiger partial charge < -0.3 is 4.74 Å². The zero-order valence-electron chi connectivity index (χ0n) is 48.4. The number of nitrogens with zero attached hydrogens (tertiary/aromatic N) is 2. The second-order valence-corrected chi connectivity index (χ2v) is 55.0. The molecule has 4 aromatic carbocycles. The van der Waals surface area contributed by atoms with Gasteiger partial charge in [0, 0.05) is 104 Å². The smallest absolute Gasteiger partial charge is 0.416 e. The predicted molar refractivity (Wildman–Crippen MR) is 419 cm³/mol. The van der Waals surface area contributed by atoms with E-state index in [2.05, 4.69) is 151 Å². The van der Waals surface area contributed by atoms with Gasteiger partial charge in [0.15, 0.2) is 6.29 Å². The molecular weight excluding hydrogens is 1490 g/mol. The van der Waals surface area contributed by atoms with Crippen molar-refractivity contribution in [3.63, 3.8) is 0 Å². The van der Waals surface area contributed by atoms with E-state index in [4.69, 9.17) is 11.3 Å². The number of benzene rings is 4. The van der Waals surface area contributed by atoms with Gasteiger partial charge in [-0.25, -0.2) is 4.85 Å². The molecule has 7 unspecified atom stereocenters. The summed E-state index contributed by atoms with van der Waals surface area (Å²) in [5.74, 6) is 0.741. The molecule has 0 radical (unpaired) electrons. The topological polar surface area (TPSA) is 54.5 Å². The molecule has 476 valence electrons. The van der Waals surface area contributed by atoms with Crippen LogP contribution in [0.25, 0.3) is 65.4 Å². The second-order valence-electron chi connectivity index (χ2n) is 20.2. The van der Waals surface area contributed by atoms with E-state index in [1.54, 1.807) is 92.5 Å². The van der Waals surface area contributed by atoms with Gasteiger partial charge in [-0.3, -0.25) is 4.79 Å².